The average molecular weight is 330 g/mol. The van der Waals surface area contributed by atoms with E-state index < -0.39 is 0 Å². The Bertz CT molecular complexity index is 569. The fourth-order valence-corrected chi connectivity index (χ4v) is 1.91. The van der Waals surface area contributed by atoms with Crippen LogP contribution in [0, 0.1) is 0 Å². The first-order valence-electron chi connectivity index (χ1n) is 8.67. The quantitative estimate of drug-likeness (QED) is 0.689. The van der Waals surface area contributed by atoms with E-state index in [0.29, 0.717) is 0 Å². The Morgan fingerprint density at radius 1 is 0.625 bits per heavy atom. The number of rotatable bonds is 6. The zero-order valence-electron chi connectivity index (χ0n) is 15.1. The first-order valence-corrected chi connectivity index (χ1v) is 8.67. The van der Waals surface area contributed by atoms with Gasteiger partial charge in [-0.1, -0.05) is 20.3 Å². The summed E-state index contributed by atoms with van der Waals surface area (Å²) in [7, 11) is 0. The van der Waals surface area contributed by atoms with Gasteiger partial charge in [-0.2, -0.15) is 0 Å². The highest BCUT2D eigenvalue weighted by Gasteiger charge is 1.85. The molecule has 0 aliphatic carbocycles. The molecule has 0 saturated heterocycles. The molecule has 0 bridgehead atoms. The predicted molar refractivity (Wildman–Crippen MR) is 97.6 cm³/mol. The molecule has 24 heavy (non-hydrogen) atoms. The van der Waals surface area contributed by atoms with Crippen LogP contribution in [0.4, 0.5) is 0 Å². The Hall–Kier alpha value is -2.37. The number of aryl methyl sites for hydroxylation is 3. The van der Waals surface area contributed by atoms with E-state index in [-0.39, 0.29) is 0 Å². The molecule has 3 aromatic heterocycles. The van der Waals surface area contributed by atoms with Gasteiger partial charge in [-0.3, -0.25) is 0 Å². The first kappa shape index (κ1) is 19.7. The lowest BCUT2D eigenvalue weighted by Gasteiger charge is -1.96. The molecular weight excluding hydrogens is 300 g/mol. The molecule has 132 valence electrons. The molecule has 0 aromatic carbocycles. The fraction of sp³-hybridized carbons (Fsp3) is 0.500. The lowest BCUT2D eigenvalue weighted by molar-refractivity contribution is 0.631. The van der Waals surface area contributed by atoms with Gasteiger partial charge in [0.25, 0.3) is 0 Å². The summed E-state index contributed by atoms with van der Waals surface area (Å²) in [5.41, 5.74) is 0. The number of imidazole rings is 3. The molecule has 0 unspecified atom stereocenters. The first-order chi connectivity index (χ1) is 11.8. The molecule has 0 fully saturated rings. The summed E-state index contributed by atoms with van der Waals surface area (Å²) in [5, 5.41) is 0. The van der Waals surface area contributed by atoms with Crippen LogP contribution < -0.4 is 0 Å². The predicted octanol–water partition coefficient (Wildman–Crippen LogP) is 3.88. The van der Waals surface area contributed by atoms with Crippen LogP contribution in [0.15, 0.2) is 56.2 Å². The van der Waals surface area contributed by atoms with Crippen LogP contribution in [0.25, 0.3) is 0 Å². The topological polar surface area (TPSA) is 53.5 Å². The summed E-state index contributed by atoms with van der Waals surface area (Å²) in [5.74, 6) is 0. The van der Waals surface area contributed by atoms with Crippen molar-refractivity contribution in [2.75, 3.05) is 0 Å². The SMILES string of the molecule is CCCCn1ccnc1.CCCn1ccnc1.CCn1ccnc1. The van der Waals surface area contributed by atoms with Gasteiger partial charge in [0.15, 0.2) is 0 Å². The maximum atomic E-state index is 3.94. The Kier molecular flexibility index (Phi) is 10.7. The second kappa shape index (κ2) is 13.1. The third-order valence-corrected chi connectivity index (χ3v) is 3.29. The number of unbranched alkanes of at least 4 members (excludes halogenated alkanes) is 1. The lowest BCUT2D eigenvalue weighted by Crippen LogP contribution is -1.92. The second-order valence-corrected chi connectivity index (χ2v) is 5.35. The summed E-state index contributed by atoms with van der Waals surface area (Å²) < 4.78 is 6.18. The zero-order valence-corrected chi connectivity index (χ0v) is 15.1. The highest BCUT2D eigenvalue weighted by Crippen LogP contribution is 1.92. The van der Waals surface area contributed by atoms with Crippen molar-refractivity contribution < 1.29 is 0 Å². The van der Waals surface area contributed by atoms with Crippen molar-refractivity contribution in [2.24, 2.45) is 0 Å². The number of nitrogens with zero attached hydrogens (tertiary/aromatic N) is 6. The van der Waals surface area contributed by atoms with E-state index in [9.17, 15) is 0 Å². The highest BCUT2D eigenvalue weighted by molar-refractivity contribution is 4.74. The molecule has 0 N–H and O–H groups in total. The second-order valence-electron chi connectivity index (χ2n) is 5.35. The largest absolute Gasteiger partial charge is 0.338 e. The van der Waals surface area contributed by atoms with Crippen LogP contribution in [0.5, 0.6) is 0 Å². The molecule has 0 spiro atoms. The van der Waals surface area contributed by atoms with Crippen molar-refractivity contribution in [3.05, 3.63) is 56.2 Å². The standard InChI is InChI=1S/C7H12N2.C6H10N2.C5H8N2/c1-2-3-5-9-6-4-8-7-9;1-2-4-8-5-3-7-6-8;1-2-7-4-3-6-5-7/h4,6-7H,2-3,5H2,1H3;3,5-6H,2,4H2,1H3;3-5H,2H2,1H3. The maximum absolute atomic E-state index is 3.94. The highest BCUT2D eigenvalue weighted by atomic mass is 15.0. The molecule has 6 heteroatoms. The summed E-state index contributed by atoms with van der Waals surface area (Å²) in [4.78, 5) is 11.7. The van der Waals surface area contributed by atoms with E-state index in [1.165, 1.54) is 19.3 Å². The van der Waals surface area contributed by atoms with Gasteiger partial charge in [0.1, 0.15) is 0 Å². The summed E-state index contributed by atoms with van der Waals surface area (Å²) >= 11 is 0. The van der Waals surface area contributed by atoms with Crippen LogP contribution in [-0.4, -0.2) is 28.7 Å². The third kappa shape index (κ3) is 8.92. The Morgan fingerprint density at radius 3 is 1.46 bits per heavy atom. The molecule has 3 heterocycles. The van der Waals surface area contributed by atoms with Crippen LogP contribution in [0.3, 0.4) is 0 Å². The van der Waals surface area contributed by atoms with Crippen molar-refractivity contribution in [1.82, 2.24) is 28.7 Å². The Labute approximate surface area is 145 Å². The minimum atomic E-state index is 1.01. The van der Waals surface area contributed by atoms with Gasteiger partial charge in [0.05, 0.1) is 19.0 Å². The molecule has 0 amide bonds. The van der Waals surface area contributed by atoms with Gasteiger partial charge in [-0.15, -0.1) is 0 Å². The van der Waals surface area contributed by atoms with E-state index in [2.05, 4.69) is 44.9 Å². The molecule has 3 aromatic rings. The Balaban J connectivity index is 0.000000181. The van der Waals surface area contributed by atoms with Crippen molar-refractivity contribution in [3.8, 4) is 0 Å². The average Bonchev–Trinajstić information content (AvgIpc) is 3.36. The molecule has 0 radical (unpaired) electrons. The minimum absolute atomic E-state index is 1.01. The molecule has 0 saturated carbocycles. The van der Waals surface area contributed by atoms with Crippen LogP contribution in [0.1, 0.15) is 40.0 Å². The lowest BCUT2D eigenvalue weighted by atomic mass is 10.3. The smallest absolute Gasteiger partial charge is 0.0945 e. The van der Waals surface area contributed by atoms with Gasteiger partial charge in [-0.25, -0.2) is 15.0 Å². The third-order valence-electron chi connectivity index (χ3n) is 3.29. The monoisotopic (exact) mass is 330 g/mol. The van der Waals surface area contributed by atoms with Gasteiger partial charge in [0.2, 0.25) is 0 Å². The van der Waals surface area contributed by atoms with Crippen LogP contribution in [-0.2, 0) is 19.6 Å². The van der Waals surface area contributed by atoms with E-state index in [1.54, 1.807) is 18.7 Å². The summed E-state index contributed by atoms with van der Waals surface area (Å²) in [6.07, 6.45) is 20.5. The van der Waals surface area contributed by atoms with E-state index in [4.69, 9.17) is 0 Å². The van der Waals surface area contributed by atoms with Gasteiger partial charge >= 0.3 is 0 Å². The molecule has 0 aliphatic heterocycles. The number of aromatic nitrogens is 6. The molecule has 0 aliphatic rings. The van der Waals surface area contributed by atoms with Gasteiger partial charge in [0, 0.05) is 56.8 Å². The van der Waals surface area contributed by atoms with Gasteiger partial charge < -0.3 is 13.7 Å². The van der Waals surface area contributed by atoms with Crippen molar-refractivity contribution in [1.29, 1.82) is 0 Å². The van der Waals surface area contributed by atoms with Crippen LogP contribution >= 0.6 is 0 Å². The number of hydrogen-bond donors (Lipinski definition) is 0. The van der Waals surface area contributed by atoms with E-state index in [1.807, 2.05) is 42.0 Å². The van der Waals surface area contributed by atoms with Crippen molar-refractivity contribution in [3.63, 3.8) is 0 Å². The fourth-order valence-electron chi connectivity index (χ4n) is 1.91. The van der Waals surface area contributed by atoms with E-state index >= 15 is 0 Å². The van der Waals surface area contributed by atoms with Crippen molar-refractivity contribution in [2.45, 2.75) is 59.7 Å². The zero-order chi connectivity index (χ0) is 17.5. The van der Waals surface area contributed by atoms with Crippen LogP contribution in [0.2, 0.25) is 0 Å². The molecule has 6 nitrogen and oxygen atoms in total. The Morgan fingerprint density at radius 2 is 1.12 bits per heavy atom. The molecule has 0 atom stereocenters. The minimum Gasteiger partial charge on any atom is -0.338 e. The summed E-state index contributed by atoms with van der Waals surface area (Å²) in [6.45, 7) is 9.63. The molecular formula is C18H30N6. The van der Waals surface area contributed by atoms with Gasteiger partial charge in [-0.05, 0) is 19.8 Å². The summed E-state index contributed by atoms with van der Waals surface area (Å²) in [6, 6.07) is 0. The number of hydrogen-bond acceptors (Lipinski definition) is 3. The van der Waals surface area contributed by atoms with E-state index in [0.717, 1.165) is 19.6 Å². The molecule has 3 rings (SSSR count). The maximum Gasteiger partial charge on any atom is 0.0945 e. The van der Waals surface area contributed by atoms with Crippen molar-refractivity contribution >= 4 is 0 Å². The normalized spacial score (nSPS) is 9.62.